The third-order valence-corrected chi connectivity index (χ3v) is 3.11. The second-order valence-electron chi connectivity index (χ2n) is 4.12. The predicted molar refractivity (Wildman–Crippen MR) is 76.1 cm³/mol. The van der Waals surface area contributed by atoms with Crippen LogP contribution in [0.1, 0.15) is 25.8 Å². The molecule has 0 spiro atoms. The number of ether oxygens (including phenoxy) is 1. The normalized spacial score (nSPS) is 14.2. The van der Waals surface area contributed by atoms with E-state index in [1.54, 1.807) is 6.92 Å². The number of fused-ring (bicyclic) bond motifs is 1. The van der Waals surface area contributed by atoms with Crippen molar-refractivity contribution in [3.8, 4) is 0 Å². The molecule has 0 radical (unpaired) electrons. The van der Waals surface area contributed by atoms with Gasteiger partial charge in [0.1, 0.15) is 0 Å². The lowest BCUT2D eigenvalue weighted by Crippen LogP contribution is -2.09. The maximum atomic E-state index is 11.8. The molecule has 1 aromatic rings. The summed E-state index contributed by atoms with van der Waals surface area (Å²) in [6.07, 6.45) is 2.39. The number of hydrogen-bond donors (Lipinski definition) is 0. The summed E-state index contributed by atoms with van der Waals surface area (Å²) in [6, 6.07) is 5.83. The fourth-order valence-corrected chi connectivity index (χ4v) is 2.20. The van der Waals surface area contributed by atoms with Crippen molar-refractivity contribution in [3.63, 3.8) is 0 Å². The first-order valence-electron chi connectivity index (χ1n) is 5.81. The highest BCUT2D eigenvalue weighted by molar-refractivity contribution is 9.10. The number of nitrogens with zero attached hydrogens (tertiary/aromatic N) is 1. The Morgan fingerprint density at radius 3 is 3.00 bits per heavy atom. The molecule has 18 heavy (non-hydrogen) atoms. The molecular formula is C14H14BrNO2. The quantitative estimate of drug-likeness (QED) is 0.777. The smallest absolute Gasteiger partial charge is 0.334 e. The zero-order valence-corrected chi connectivity index (χ0v) is 12.0. The highest BCUT2D eigenvalue weighted by Crippen LogP contribution is 2.30. The maximum Gasteiger partial charge on any atom is 0.334 e. The van der Waals surface area contributed by atoms with Crippen molar-refractivity contribution in [2.75, 3.05) is 6.61 Å². The zero-order chi connectivity index (χ0) is 13.1. The van der Waals surface area contributed by atoms with E-state index < -0.39 is 0 Å². The third kappa shape index (κ3) is 2.88. The van der Waals surface area contributed by atoms with Crippen molar-refractivity contribution >= 4 is 39.4 Å². The SMILES string of the molecule is CCOC(=O)C1=Cc2ccc(Br)cc2N=C(C)C1. The fourth-order valence-electron chi connectivity index (χ4n) is 1.85. The van der Waals surface area contributed by atoms with Crippen molar-refractivity contribution in [2.45, 2.75) is 20.3 Å². The van der Waals surface area contributed by atoms with Gasteiger partial charge < -0.3 is 4.74 Å². The molecule has 94 valence electrons. The van der Waals surface area contributed by atoms with Crippen LogP contribution in [0.5, 0.6) is 0 Å². The van der Waals surface area contributed by atoms with Crippen molar-refractivity contribution in [3.05, 3.63) is 33.8 Å². The fraction of sp³-hybridized carbons (Fsp3) is 0.286. The minimum Gasteiger partial charge on any atom is -0.463 e. The predicted octanol–water partition coefficient (Wildman–Crippen LogP) is 3.89. The molecule has 0 bridgehead atoms. The molecule has 1 heterocycles. The molecule has 3 nitrogen and oxygen atoms in total. The summed E-state index contributed by atoms with van der Waals surface area (Å²) in [6.45, 7) is 4.11. The van der Waals surface area contributed by atoms with Crippen LogP contribution in [0.15, 0.2) is 33.2 Å². The average Bonchev–Trinajstić information content (AvgIpc) is 2.47. The largest absolute Gasteiger partial charge is 0.463 e. The van der Waals surface area contributed by atoms with E-state index in [1.165, 1.54) is 0 Å². The van der Waals surface area contributed by atoms with Gasteiger partial charge in [-0.05, 0) is 32.1 Å². The van der Waals surface area contributed by atoms with Gasteiger partial charge in [0.25, 0.3) is 0 Å². The second-order valence-corrected chi connectivity index (χ2v) is 5.03. The van der Waals surface area contributed by atoms with Gasteiger partial charge in [-0.15, -0.1) is 0 Å². The molecule has 1 aliphatic rings. The first kappa shape index (κ1) is 13.0. The van der Waals surface area contributed by atoms with Gasteiger partial charge in [0.2, 0.25) is 0 Å². The molecule has 0 aromatic heterocycles. The van der Waals surface area contributed by atoms with Crippen LogP contribution in [0, 0.1) is 0 Å². The lowest BCUT2D eigenvalue weighted by Gasteiger charge is -2.04. The molecule has 0 aliphatic carbocycles. The van der Waals surface area contributed by atoms with Crippen LogP contribution >= 0.6 is 15.9 Å². The van der Waals surface area contributed by atoms with Crippen molar-refractivity contribution in [2.24, 2.45) is 4.99 Å². The van der Waals surface area contributed by atoms with Crippen LogP contribution in [-0.2, 0) is 9.53 Å². The molecular weight excluding hydrogens is 294 g/mol. The van der Waals surface area contributed by atoms with E-state index in [0.29, 0.717) is 18.6 Å². The van der Waals surface area contributed by atoms with E-state index in [4.69, 9.17) is 4.74 Å². The average molecular weight is 308 g/mol. The highest BCUT2D eigenvalue weighted by atomic mass is 79.9. The summed E-state index contributed by atoms with van der Waals surface area (Å²) in [5.41, 5.74) is 3.38. The molecule has 0 amide bonds. The summed E-state index contributed by atoms with van der Waals surface area (Å²) >= 11 is 3.42. The Morgan fingerprint density at radius 2 is 2.28 bits per heavy atom. The van der Waals surface area contributed by atoms with Gasteiger partial charge in [0.05, 0.1) is 12.3 Å². The van der Waals surface area contributed by atoms with Crippen molar-refractivity contribution in [1.82, 2.24) is 0 Å². The lowest BCUT2D eigenvalue weighted by molar-refractivity contribution is -0.138. The van der Waals surface area contributed by atoms with Crippen LogP contribution in [0.3, 0.4) is 0 Å². The molecule has 0 N–H and O–H groups in total. The highest BCUT2D eigenvalue weighted by Gasteiger charge is 2.16. The number of hydrogen-bond acceptors (Lipinski definition) is 3. The number of esters is 1. The van der Waals surface area contributed by atoms with Gasteiger partial charge in [-0.25, -0.2) is 4.79 Å². The van der Waals surface area contributed by atoms with Crippen LogP contribution in [0.25, 0.3) is 6.08 Å². The van der Waals surface area contributed by atoms with Crippen molar-refractivity contribution < 1.29 is 9.53 Å². The standard InChI is InChI=1S/C14H14BrNO2/c1-3-18-14(17)11-6-9(2)16-13-8-12(15)5-4-10(13)7-11/h4-5,7-8H,3,6H2,1-2H3. The van der Waals surface area contributed by atoms with Gasteiger partial charge in [-0.3, -0.25) is 4.99 Å². The third-order valence-electron chi connectivity index (χ3n) is 2.62. The Morgan fingerprint density at radius 1 is 1.50 bits per heavy atom. The number of halogens is 1. The minimum absolute atomic E-state index is 0.261. The first-order valence-corrected chi connectivity index (χ1v) is 6.61. The topological polar surface area (TPSA) is 38.7 Å². The van der Waals surface area contributed by atoms with E-state index in [0.717, 1.165) is 21.4 Å². The Balaban J connectivity index is 2.45. The molecule has 1 aromatic carbocycles. The number of rotatable bonds is 2. The molecule has 2 rings (SSSR count). The van der Waals surface area contributed by atoms with Crippen LogP contribution in [0.2, 0.25) is 0 Å². The number of aliphatic imine (C=N–C) groups is 1. The van der Waals surface area contributed by atoms with E-state index in [-0.39, 0.29) is 5.97 Å². The first-order chi connectivity index (χ1) is 8.60. The summed E-state index contributed by atoms with van der Waals surface area (Å²) in [7, 11) is 0. The van der Waals surface area contributed by atoms with Crippen molar-refractivity contribution in [1.29, 1.82) is 0 Å². The summed E-state index contributed by atoms with van der Waals surface area (Å²) in [5, 5.41) is 0. The minimum atomic E-state index is -0.261. The van der Waals surface area contributed by atoms with Crippen LogP contribution in [-0.4, -0.2) is 18.3 Å². The van der Waals surface area contributed by atoms with E-state index in [2.05, 4.69) is 20.9 Å². The monoisotopic (exact) mass is 307 g/mol. The molecule has 0 unspecified atom stereocenters. The summed E-state index contributed by atoms with van der Waals surface area (Å²) in [4.78, 5) is 16.3. The molecule has 0 saturated carbocycles. The molecule has 0 atom stereocenters. The Bertz CT molecular complexity index is 547. The Hall–Kier alpha value is -1.42. The van der Waals surface area contributed by atoms with E-state index in [9.17, 15) is 4.79 Å². The molecule has 0 fully saturated rings. The molecule has 1 aliphatic heterocycles. The Labute approximate surface area is 115 Å². The van der Waals surface area contributed by atoms with Gasteiger partial charge in [0, 0.05) is 27.7 Å². The van der Waals surface area contributed by atoms with Gasteiger partial charge in [-0.1, -0.05) is 22.0 Å². The molecule has 0 saturated heterocycles. The lowest BCUT2D eigenvalue weighted by atomic mass is 10.1. The maximum absolute atomic E-state index is 11.8. The van der Waals surface area contributed by atoms with Gasteiger partial charge >= 0.3 is 5.97 Å². The van der Waals surface area contributed by atoms with E-state index >= 15 is 0 Å². The number of carbonyl (C=O) groups is 1. The van der Waals surface area contributed by atoms with Crippen LogP contribution < -0.4 is 0 Å². The summed E-state index contributed by atoms with van der Waals surface area (Å²) in [5.74, 6) is -0.261. The summed E-state index contributed by atoms with van der Waals surface area (Å²) < 4.78 is 6.03. The molecule has 4 heteroatoms. The van der Waals surface area contributed by atoms with Crippen LogP contribution in [0.4, 0.5) is 5.69 Å². The van der Waals surface area contributed by atoms with Gasteiger partial charge in [-0.2, -0.15) is 0 Å². The second kappa shape index (κ2) is 5.48. The zero-order valence-electron chi connectivity index (χ0n) is 10.4. The number of carbonyl (C=O) groups excluding carboxylic acids is 1. The number of benzene rings is 1. The Kier molecular flexibility index (Phi) is 3.97. The van der Waals surface area contributed by atoms with E-state index in [1.807, 2.05) is 31.2 Å². The van der Waals surface area contributed by atoms with Gasteiger partial charge in [0.15, 0.2) is 0 Å².